The SMILES string of the molecule is C1=CCC2C(=C1)Sc1c2ccc2cc(N(c3ccc(-c4cccc5ccc6ccc7ccccc7c6c45)cc3)c3cccc(-c4ccccc4)c3)ccc12. The molecule has 0 spiro atoms. The Labute approximate surface area is 319 Å². The van der Waals surface area contributed by atoms with Crippen LogP contribution in [0.5, 0.6) is 0 Å². The second-order valence-corrected chi connectivity index (χ2v) is 15.5. The molecule has 254 valence electrons. The summed E-state index contributed by atoms with van der Waals surface area (Å²) in [4.78, 5) is 5.29. The van der Waals surface area contributed by atoms with Gasteiger partial charge in [0.05, 0.1) is 0 Å². The highest BCUT2D eigenvalue weighted by molar-refractivity contribution is 8.03. The van der Waals surface area contributed by atoms with E-state index in [2.05, 4.69) is 199 Å². The molecule has 0 radical (unpaired) electrons. The van der Waals surface area contributed by atoms with Crippen LogP contribution in [0.4, 0.5) is 17.1 Å². The van der Waals surface area contributed by atoms with E-state index in [9.17, 15) is 0 Å². The molecule has 0 bridgehead atoms. The highest BCUT2D eigenvalue weighted by atomic mass is 32.2. The number of fused-ring (bicyclic) bond motifs is 10. The Balaban J connectivity index is 1.06. The molecule has 2 aliphatic rings. The third-order valence-electron chi connectivity index (χ3n) is 11.3. The molecule has 2 heteroatoms. The minimum absolute atomic E-state index is 0.494. The van der Waals surface area contributed by atoms with Crippen LogP contribution in [-0.4, -0.2) is 0 Å². The maximum Gasteiger partial charge on any atom is 0.0468 e. The minimum atomic E-state index is 0.494. The second kappa shape index (κ2) is 12.7. The molecule has 1 nitrogen and oxygen atoms in total. The lowest BCUT2D eigenvalue weighted by Crippen LogP contribution is -2.10. The normalized spacial score (nSPS) is 14.7. The van der Waals surface area contributed by atoms with Crippen LogP contribution in [0.25, 0.3) is 65.3 Å². The summed E-state index contributed by atoms with van der Waals surface area (Å²) in [6.07, 6.45) is 7.89. The van der Waals surface area contributed by atoms with Gasteiger partial charge in [-0.3, -0.25) is 0 Å². The molecule has 0 saturated heterocycles. The molecule has 54 heavy (non-hydrogen) atoms. The van der Waals surface area contributed by atoms with E-state index in [1.807, 2.05) is 11.8 Å². The highest BCUT2D eigenvalue weighted by Crippen LogP contribution is 2.54. The van der Waals surface area contributed by atoms with Crippen molar-refractivity contribution in [2.24, 2.45) is 0 Å². The lowest BCUT2D eigenvalue weighted by molar-refractivity contribution is 0.840. The van der Waals surface area contributed by atoms with Crippen molar-refractivity contribution in [1.29, 1.82) is 0 Å². The van der Waals surface area contributed by atoms with Gasteiger partial charge in [0.25, 0.3) is 0 Å². The van der Waals surface area contributed by atoms with E-state index in [0.29, 0.717) is 5.92 Å². The van der Waals surface area contributed by atoms with Crippen molar-refractivity contribution < 1.29 is 0 Å². The van der Waals surface area contributed by atoms with Crippen molar-refractivity contribution in [1.82, 2.24) is 0 Å². The zero-order valence-electron chi connectivity index (χ0n) is 29.6. The van der Waals surface area contributed by atoms with Gasteiger partial charge in [-0.25, -0.2) is 0 Å². The van der Waals surface area contributed by atoms with Crippen LogP contribution in [0.3, 0.4) is 0 Å². The standard InChI is InChI=1S/C52H35NS/c1-2-10-34(11-3-1)39-14-8-15-42(32-39)53(43-29-31-46-40(33-43)26-30-48-47-17-6-7-19-49(47)54-52(46)48)41-27-24-36(25-28-41)45-18-9-13-37-22-23-38-21-20-35-12-4-5-16-44(35)51(38)50(37)45/h1-16,18-33,47H,17H2. The van der Waals surface area contributed by atoms with E-state index in [-0.39, 0.29) is 0 Å². The fraction of sp³-hybridized carbons (Fsp3) is 0.0385. The third kappa shape index (κ3) is 5.10. The van der Waals surface area contributed by atoms with Crippen LogP contribution in [0.2, 0.25) is 0 Å². The summed E-state index contributed by atoms with van der Waals surface area (Å²) < 4.78 is 0. The molecule has 0 N–H and O–H groups in total. The van der Waals surface area contributed by atoms with Crippen LogP contribution in [0.1, 0.15) is 17.9 Å². The van der Waals surface area contributed by atoms with E-state index in [0.717, 1.165) is 23.5 Å². The Kier molecular flexibility index (Phi) is 7.31. The number of benzene rings is 9. The number of anilines is 3. The molecule has 1 aliphatic carbocycles. The number of nitrogens with zero attached hydrogens (tertiary/aromatic N) is 1. The quantitative estimate of drug-likeness (QED) is 0.164. The highest BCUT2D eigenvalue weighted by Gasteiger charge is 2.30. The lowest BCUT2D eigenvalue weighted by Gasteiger charge is -2.27. The first-order chi connectivity index (χ1) is 26.8. The fourth-order valence-corrected chi connectivity index (χ4v) is 10.1. The van der Waals surface area contributed by atoms with Crippen LogP contribution in [-0.2, 0) is 0 Å². The van der Waals surface area contributed by atoms with Gasteiger partial charge in [-0.1, -0.05) is 170 Å². The first-order valence-electron chi connectivity index (χ1n) is 18.8. The average Bonchev–Trinajstić information content (AvgIpc) is 3.63. The van der Waals surface area contributed by atoms with Gasteiger partial charge in [-0.15, -0.1) is 0 Å². The van der Waals surface area contributed by atoms with Gasteiger partial charge in [0.15, 0.2) is 0 Å². The van der Waals surface area contributed by atoms with E-state index in [4.69, 9.17) is 0 Å². The predicted octanol–water partition coefficient (Wildman–Crippen LogP) is 15.1. The zero-order chi connectivity index (χ0) is 35.6. The maximum absolute atomic E-state index is 2.41. The van der Waals surface area contributed by atoms with Crippen LogP contribution in [0.15, 0.2) is 204 Å². The first-order valence-corrected chi connectivity index (χ1v) is 19.6. The van der Waals surface area contributed by atoms with Crippen molar-refractivity contribution in [3.63, 3.8) is 0 Å². The summed E-state index contributed by atoms with van der Waals surface area (Å²) in [5.41, 5.74) is 9.73. The molecule has 0 amide bonds. The van der Waals surface area contributed by atoms with Gasteiger partial charge in [0, 0.05) is 27.9 Å². The second-order valence-electron chi connectivity index (χ2n) is 14.4. The van der Waals surface area contributed by atoms with Crippen LogP contribution < -0.4 is 4.90 Å². The van der Waals surface area contributed by atoms with Crippen LogP contribution >= 0.6 is 11.8 Å². The Bertz CT molecular complexity index is 2990. The molecule has 0 fully saturated rings. The molecular weight excluding hydrogens is 671 g/mol. The lowest BCUT2D eigenvalue weighted by atomic mass is 9.91. The summed E-state index contributed by atoms with van der Waals surface area (Å²) in [6.45, 7) is 0. The van der Waals surface area contributed by atoms with E-state index in [1.54, 1.807) is 0 Å². The first kappa shape index (κ1) is 31.2. The predicted molar refractivity (Wildman–Crippen MR) is 232 cm³/mol. The third-order valence-corrected chi connectivity index (χ3v) is 12.7. The molecule has 1 aliphatic heterocycles. The maximum atomic E-state index is 2.41. The van der Waals surface area contributed by atoms with Crippen molar-refractivity contribution in [3.05, 3.63) is 205 Å². The number of hydrogen-bond donors (Lipinski definition) is 0. The van der Waals surface area contributed by atoms with Gasteiger partial charge in [0.2, 0.25) is 0 Å². The summed E-state index contributed by atoms with van der Waals surface area (Å²) >= 11 is 1.95. The van der Waals surface area contributed by atoms with E-state index >= 15 is 0 Å². The van der Waals surface area contributed by atoms with Gasteiger partial charge < -0.3 is 4.90 Å². The topological polar surface area (TPSA) is 3.24 Å². The van der Waals surface area contributed by atoms with Crippen molar-refractivity contribution >= 4 is 71.9 Å². The molecular formula is C52H35NS. The fourth-order valence-electron chi connectivity index (χ4n) is 8.75. The van der Waals surface area contributed by atoms with Crippen molar-refractivity contribution in [2.45, 2.75) is 17.2 Å². The average molecular weight is 706 g/mol. The zero-order valence-corrected chi connectivity index (χ0v) is 30.4. The Hall–Kier alpha value is -6.35. The Morgan fingerprint density at radius 3 is 2.06 bits per heavy atom. The molecule has 1 unspecified atom stereocenters. The summed E-state index contributed by atoms with van der Waals surface area (Å²) in [7, 11) is 0. The molecule has 9 aromatic rings. The van der Waals surface area contributed by atoms with Gasteiger partial charge >= 0.3 is 0 Å². The molecule has 1 atom stereocenters. The summed E-state index contributed by atoms with van der Waals surface area (Å²) in [6, 6.07) is 65.0. The van der Waals surface area contributed by atoms with Gasteiger partial charge in [0.1, 0.15) is 0 Å². The molecule has 1 heterocycles. The van der Waals surface area contributed by atoms with Crippen LogP contribution in [0, 0.1) is 0 Å². The minimum Gasteiger partial charge on any atom is -0.310 e. The summed E-state index contributed by atoms with van der Waals surface area (Å²) in [5.74, 6) is 0.494. The largest absolute Gasteiger partial charge is 0.310 e. The number of rotatable bonds is 5. The monoisotopic (exact) mass is 705 g/mol. The molecule has 0 aromatic heterocycles. The van der Waals surface area contributed by atoms with Crippen molar-refractivity contribution in [3.8, 4) is 22.3 Å². The smallest absolute Gasteiger partial charge is 0.0468 e. The van der Waals surface area contributed by atoms with Gasteiger partial charge in [-0.2, -0.15) is 0 Å². The number of hydrogen-bond acceptors (Lipinski definition) is 2. The molecule has 11 rings (SSSR count). The molecule has 0 saturated carbocycles. The number of allylic oxidation sites excluding steroid dienone is 4. The Morgan fingerprint density at radius 2 is 1.17 bits per heavy atom. The molecule has 9 aromatic carbocycles. The van der Waals surface area contributed by atoms with E-state index < -0.39 is 0 Å². The van der Waals surface area contributed by atoms with E-state index in [1.165, 1.54) is 80.7 Å². The number of thioether (sulfide) groups is 1. The van der Waals surface area contributed by atoms with Crippen molar-refractivity contribution in [2.75, 3.05) is 4.90 Å². The van der Waals surface area contributed by atoms with Gasteiger partial charge in [-0.05, 0) is 119 Å². The summed E-state index contributed by atoms with van der Waals surface area (Å²) in [5, 5.41) is 10.3. The Morgan fingerprint density at radius 1 is 0.463 bits per heavy atom.